The van der Waals surface area contributed by atoms with Crippen molar-refractivity contribution in [1.29, 1.82) is 0 Å². The number of nitrogens with zero attached hydrogens (tertiary/aromatic N) is 3. The number of benzene rings is 3. The van der Waals surface area contributed by atoms with E-state index in [0.29, 0.717) is 34.5 Å². The van der Waals surface area contributed by atoms with Gasteiger partial charge in [-0.3, -0.25) is 0 Å². The lowest BCUT2D eigenvalue weighted by atomic mass is 10.1. The second kappa shape index (κ2) is 10.6. The van der Waals surface area contributed by atoms with Crippen LogP contribution >= 0.6 is 0 Å². The number of phenolic OH excluding ortho intramolecular Hbond substituents is 1. The number of rotatable bonds is 8. The zero-order chi connectivity index (χ0) is 24.8. The molecule has 1 aromatic heterocycles. The number of ether oxygens (including phenoxy) is 3. The van der Waals surface area contributed by atoms with Gasteiger partial charge in [0.05, 0.1) is 38.9 Å². The van der Waals surface area contributed by atoms with Gasteiger partial charge in [-0.25, -0.2) is 15.4 Å². The number of phenols is 1. The van der Waals surface area contributed by atoms with Crippen molar-refractivity contribution >= 4 is 12.2 Å². The normalized spacial score (nSPS) is 10.9. The van der Waals surface area contributed by atoms with E-state index in [1.54, 1.807) is 32.4 Å². The second-order valence-electron chi connectivity index (χ2n) is 7.67. The van der Waals surface area contributed by atoms with Gasteiger partial charge in [0.1, 0.15) is 0 Å². The number of para-hydroxylation sites is 1. The number of hydrogen-bond acceptors (Lipinski definition) is 8. The summed E-state index contributed by atoms with van der Waals surface area (Å²) in [5.41, 5.74) is 7.71. The van der Waals surface area contributed by atoms with Gasteiger partial charge in [0.2, 0.25) is 5.95 Å². The van der Waals surface area contributed by atoms with Gasteiger partial charge in [0, 0.05) is 16.7 Å². The number of aromatic hydroxyl groups is 1. The highest BCUT2D eigenvalue weighted by atomic mass is 16.5. The Labute approximate surface area is 203 Å². The number of aryl methyl sites for hydroxylation is 1. The van der Waals surface area contributed by atoms with E-state index >= 15 is 0 Å². The van der Waals surface area contributed by atoms with Crippen LogP contribution in [0, 0.1) is 6.92 Å². The van der Waals surface area contributed by atoms with Crippen LogP contribution in [0.5, 0.6) is 23.0 Å². The number of hydrogen-bond donors (Lipinski definition) is 2. The lowest BCUT2D eigenvalue weighted by Gasteiger charge is -2.11. The number of anilines is 1. The van der Waals surface area contributed by atoms with Crippen LogP contribution in [-0.2, 0) is 0 Å². The highest BCUT2D eigenvalue weighted by molar-refractivity contribution is 5.85. The molecule has 0 radical (unpaired) electrons. The van der Waals surface area contributed by atoms with Gasteiger partial charge in [-0.2, -0.15) is 5.10 Å². The molecule has 35 heavy (non-hydrogen) atoms. The fourth-order valence-electron chi connectivity index (χ4n) is 3.48. The van der Waals surface area contributed by atoms with Crippen LogP contribution in [0.3, 0.4) is 0 Å². The summed E-state index contributed by atoms with van der Waals surface area (Å²) >= 11 is 0. The molecule has 0 saturated heterocycles. The molecule has 3 aromatic carbocycles. The topological polar surface area (TPSA) is 98.1 Å². The zero-order valence-corrected chi connectivity index (χ0v) is 19.9. The first-order chi connectivity index (χ1) is 17.0. The Balaban J connectivity index is 1.73. The van der Waals surface area contributed by atoms with E-state index in [-0.39, 0.29) is 5.75 Å². The lowest BCUT2D eigenvalue weighted by molar-refractivity contribution is 0.355. The van der Waals surface area contributed by atoms with E-state index in [4.69, 9.17) is 14.2 Å². The number of nitrogens with one attached hydrogen (secondary N) is 1. The van der Waals surface area contributed by atoms with E-state index in [9.17, 15) is 5.11 Å². The third kappa shape index (κ3) is 5.33. The zero-order valence-electron chi connectivity index (χ0n) is 19.9. The van der Waals surface area contributed by atoms with E-state index in [1.165, 1.54) is 13.3 Å². The largest absolute Gasteiger partial charge is 0.504 e. The van der Waals surface area contributed by atoms with E-state index in [0.717, 1.165) is 22.4 Å². The highest BCUT2D eigenvalue weighted by Gasteiger charge is 2.12. The fraction of sp³-hybridized carbons (Fsp3) is 0.148. The first-order valence-corrected chi connectivity index (χ1v) is 10.9. The van der Waals surface area contributed by atoms with Crippen molar-refractivity contribution in [3.05, 3.63) is 77.9 Å². The summed E-state index contributed by atoms with van der Waals surface area (Å²) in [6.07, 6.45) is 1.48. The Bertz CT molecular complexity index is 1350. The van der Waals surface area contributed by atoms with Gasteiger partial charge in [-0.05, 0) is 43.3 Å². The molecule has 0 bridgehead atoms. The van der Waals surface area contributed by atoms with Gasteiger partial charge < -0.3 is 19.3 Å². The molecule has 0 saturated carbocycles. The first-order valence-electron chi connectivity index (χ1n) is 10.9. The average Bonchev–Trinajstić information content (AvgIpc) is 2.89. The molecular formula is C27H26N4O4. The molecule has 0 spiro atoms. The minimum Gasteiger partial charge on any atom is -0.504 e. The second-order valence-corrected chi connectivity index (χ2v) is 7.67. The van der Waals surface area contributed by atoms with Crippen molar-refractivity contribution in [2.24, 2.45) is 5.10 Å². The highest BCUT2D eigenvalue weighted by Crippen LogP contribution is 2.33. The summed E-state index contributed by atoms with van der Waals surface area (Å²) in [6, 6.07) is 20.8. The van der Waals surface area contributed by atoms with Crippen molar-refractivity contribution in [3.63, 3.8) is 0 Å². The third-order valence-electron chi connectivity index (χ3n) is 5.37. The monoisotopic (exact) mass is 470 g/mol. The summed E-state index contributed by atoms with van der Waals surface area (Å²) < 4.78 is 16.0. The molecule has 0 amide bonds. The average molecular weight is 471 g/mol. The predicted molar refractivity (Wildman–Crippen MR) is 137 cm³/mol. The Morgan fingerprint density at radius 2 is 1.43 bits per heavy atom. The van der Waals surface area contributed by atoms with Crippen molar-refractivity contribution in [3.8, 4) is 45.5 Å². The molecular weight excluding hydrogens is 444 g/mol. The molecule has 0 aliphatic rings. The number of methoxy groups -OCH3 is 3. The molecule has 0 fully saturated rings. The maximum atomic E-state index is 10.3. The summed E-state index contributed by atoms with van der Waals surface area (Å²) in [4.78, 5) is 9.29. The summed E-state index contributed by atoms with van der Waals surface area (Å²) in [7, 11) is 4.68. The van der Waals surface area contributed by atoms with Crippen LogP contribution in [-0.4, -0.2) is 42.6 Å². The standard InChI is InChI=1S/C27H26N4O4/c1-17-8-10-18(11-9-17)21-15-22(19-12-13-23(33-2)25(14-19)35-4)30-27(29-21)31-28-16-20-6-5-7-24(34-3)26(20)32/h5-16,32H,1-4H3,(H,29,30,31)/b28-16+. The van der Waals surface area contributed by atoms with Gasteiger partial charge >= 0.3 is 0 Å². The van der Waals surface area contributed by atoms with Crippen LogP contribution in [0.2, 0.25) is 0 Å². The van der Waals surface area contributed by atoms with Gasteiger partial charge in [-0.1, -0.05) is 35.9 Å². The molecule has 178 valence electrons. The summed E-state index contributed by atoms with van der Waals surface area (Å²) in [5, 5.41) is 14.5. The maximum absolute atomic E-state index is 10.3. The molecule has 0 unspecified atom stereocenters. The Morgan fingerprint density at radius 3 is 2.11 bits per heavy atom. The van der Waals surface area contributed by atoms with Crippen LogP contribution in [0.25, 0.3) is 22.5 Å². The molecule has 8 nitrogen and oxygen atoms in total. The predicted octanol–water partition coefficient (Wildman–Crippen LogP) is 5.30. The van der Waals surface area contributed by atoms with Crippen molar-refractivity contribution in [2.45, 2.75) is 6.92 Å². The molecule has 1 heterocycles. The molecule has 0 aliphatic carbocycles. The Kier molecular flexibility index (Phi) is 7.11. The van der Waals surface area contributed by atoms with E-state index in [1.807, 2.05) is 55.5 Å². The van der Waals surface area contributed by atoms with Crippen LogP contribution in [0.15, 0.2) is 71.8 Å². The Hall–Kier alpha value is -4.59. The van der Waals surface area contributed by atoms with Crippen LogP contribution in [0.1, 0.15) is 11.1 Å². The molecule has 0 aliphatic heterocycles. The minimum atomic E-state index is 0.000825. The van der Waals surface area contributed by atoms with Gasteiger partial charge in [0.15, 0.2) is 23.0 Å². The first kappa shape index (κ1) is 23.6. The Morgan fingerprint density at radius 1 is 0.771 bits per heavy atom. The SMILES string of the molecule is COc1ccc(-c2cc(-c3ccc(C)cc3)nc(N/N=C/c3cccc(OC)c3O)n2)cc1OC. The van der Waals surface area contributed by atoms with Crippen LogP contribution in [0.4, 0.5) is 5.95 Å². The fourth-order valence-corrected chi connectivity index (χ4v) is 3.48. The minimum absolute atomic E-state index is 0.000825. The molecule has 4 rings (SSSR count). The van der Waals surface area contributed by atoms with Crippen molar-refractivity contribution in [2.75, 3.05) is 26.8 Å². The molecule has 2 N–H and O–H groups in total. The lowest BCUT2D eigenvalue weighted by Crippen LogP contribution is -2.01. The third-order valence-corrected chi connectivity index (χ3v) is 5.37. The van der Waals surface area contributed by atoms with E-state index in [2.05, 4.69) is 20.5 Å². The van der Waals surface area contributed by atoms with Crippen molar-refractivity contribution < 1.29 is 19.3 Å². The molecule has 0 atom stereocenters. The summed E-state index contributed by atoms with van der Waals surface area (Å²) in [6.45, 7) is 2.04. The smallest absolute Gasteiger partial charge is 0.244 e. The quantitative estimate of drug-likeness (QED) is 0.266. The molecule has 8 heteroatoms. The molecule has 4 aromatic rings. The van der Waals surface area contributed by atoms with E-state index < -0.39 is 0 Å². The summed E-state index contributed by atoms with van der Waals surface area (Å²) in [5.74, 6) is 1.89. The van der Waals surface area contributed by atoms with Gasteiger partial charge in [-0.15, -0.1) is 0 Å². The number of hydrazone groups is 1. The van der Waals surface area contributed by atoms with Crippen LogP contribution < -0.4 is 19.6 Å². The number of aromatic nitrogens is 2. The van der Waals surface area contributed by atoms with Crippen molar-refractivity contribution in [1.82, 2.24) is 9.97 Å². The maximum Gasteiger partial charge on any atom is 0.244 e. The van der Waals surface area contributed by atoms with Gasteiger partial charge in [0.25, 0.3) is 0 Å².